The van der Waals surface area contributed by atoms with Gasteiger partial charge in [0.25, 0.3) is 0 Å². The summed E-state index contributed by atoms with van der Waals surface area (Å²) in [6.07, 6.45) is 3.64. The van der Waals surface area contributed by atoms with Gasteiger partial charge in [-0.15, -0.1) is 0 Å². The molecule has 0 spiro atoms. The Morgan fingerprint density at radius 3 is 1.77 bits per heavy atom. The zero-order valence-electron chi connectivity index (χ0n) is 32.0. The first-order chi connectivity index (χ1) is 26.8. The topological polar surface area (TPSA) is 183 Å². The summed E-state index contributed by atoms with van der Waals surface area (Å²) in [7, 11) is 2.70. The summed E-state index contributed by atoms with van der Waals surface area (Å²) < 4.78 is 41.4. The number of methoxy groups -OCH3 is 2. The number of ether oxygens (including phenoxy) is 2. The van der Waals surface area contributed by atoms with Crippen LogP contribution in [0.15, 0.2) is 48.8 Å². The van der Waals surface area contributed by atoms with E-state index in [9.17, 15) is 24.3 Å². The highest BCUT2D eigenvalue weighted by molar-refractivity contribution is 5.87. The average Bonchev–Trinajstić information content (AvgIpc) is 4.01. The fraction of sp³-hybridized carbons (Fsp3) is 0.450. The van der Waals surface area contributed by atoms with Crippen LogP contribution in [0.2, 0.25) is 0 Å². The second-order valence-electron chi connectivity index (χ2n) is 14.6. The Kier molecular flexibility index (Phi) is 12.2. The molecule has 16 heteroatoms. The largest absolute Gasteiger partial charge is 0.469 e. The van der Waals surface area contributed by atoms with Gasteiger partial charge in [-0.1, -0.05) is 26.0 Å². The molecule has 0 bridgehead atoms. The number of carbonyl (C=O) groups excluding carboxylic acids is 3. The van der Waals surface area contributed by atoms with Crippen molar-refractivity contribution in [3.05, 3.63) is 72.1 Å². The Bertz CT molecular complexity index is 2080. The summed E-state index contributed by atoms with van der Waals surface area (Å²) in [5, 5.41) is 11.5. The van der Waals surface area contributed by atoms with Crippen LogP contribution in [-0.2, 0) is 23.9 Å². The van der Waals surface area contributed by atoms with Gasteiger partial charge >= 0.3 is 12.1 Å². The molecule has 4 N–H and O–H groups in total. The highest BCUT2D eigenvalue weighted by Crippen LogP contribution is 2.37. The molecule has 4 aromatic rings. The molecule has 5 atom stereocenters. The van der Waals surface area contributed by atoms with Crippen LogP contribution in [0, 0.1) is 23.5 Å². The maximum absolute atomic E-state index is 15.7. The first-order valence-electron chi connectivity index (χ1n) is 18.7. The molecule has 4 heterocycles. The number of nitrogens with zero attached hydrogens (tertiary/aromatic N) is 4. The maximum Gasteiger partial charge on any atom is 0.405 e. The van der Waals surface area contributed by atoms with E-state index >= 15 is 8.78 Å². The number of carboxylic acid groups (broad SMARTS) is 1. The van der Waals surface area contributed by atoms with Gasteiger partial charge in [0.05, 0.1) is 61.4 Å². The van der Waals surface area contributed by atoms with Crippen molar-refractivity contribution in [2.24, 2.45) is 11.8 Å². The van der Waals surface area contributed by atoms with Gasteiger partial charge in [0.15, 0.2) is 0 Å². The number of hydrogen-bond acceptors (Lipinski definition) is 8. The first kappa shape index (κ1) is 40.0. The number of hydrogen-bond donors (Lipinski definition) is 4. The third-order valence-corrected chi connectivity index (χ3v) is 10.9. The number of likely N-dealkylation sites (tertiary alicyclic amines) is 2. The predicted octanol–water partition coefficient (Wildman–Crippen LogP) is 6.25. The molecule has 0 aliphatic carbocycles. The van der Waals surface area contributed by atoms with E-state index in [1.807, 2.05) is 13.8 Å². The summed E-state index contributed by atoms with van der Waals surface area (Å²) in [5.41, 5.74) is 2.21. The quantitative estimate of drug-likeness (QED) is 0.114. The van der Waals surface area contributed by atoms with Gasteiger partial charge in [-0.05, 0) is 73.9 Å². The van der Waals surface area contributed by atoms with Gasteiger partial charge in [-0.2, -0.15) is 0 Å². The van der Waals surface area contributed by atoms with Crippen LogP contribution < -0.4 is 5.32 Å². The van der Waals surface area contributed by atoms with Crippen LogP contribution in [0.5, 0.6) is 0 Å². The molecule has 2 aromatic carbocycles. The summed E-state index contributed by atoms with van der Waals surface area (Å²) in [6.45, 7) is 6.32. The molecule has 14 nitrogen and oxygen atoms in total. The number of esters is 1. The number of carbonyl (C=O) groups is 4. The minimum Gasteiger partial charge on any atom is -0.469 e. The van der Waals surface area contributed by atoms with Crippen molar-refractivity contribution >= 4 is 23.9 Å². The standard InChI is InChI=1S/C40H47F2N7O7/c1-21(2)27(18-34(50)56-5)38(51)48-14-6-8-32(48)36-43-19-30(45-36)25-12-10-23(16-28(25)41)24-11-13-26(29(42)17-24)31-20-44-37(46-31)33-9-7-15-49(33)39(52)35(22(3)55-4)47-40(53)54/h10-13,16-17,19-22,27,32-33,35,47H,6-9,14-15,18H2,1-5H3,(H,43,45)(H,44,46)(H,53,54)/t22-,27-,32-,33-,35-/m0/s1. The van der Waals surface area contributed by atoms with Crippen LogP contribution in [-0.4, -0.2) is 98.2 Å². The fourth-order valence-electron chi connectivity index (χ4n) is 7.65. The molecule has 3 amide bonds. The third kappa shape index (κ3) is 8.29. The smallest absolute Gasteiger partial charge is 0.405 e. The van der Waals surface area contributed by atoms with Crippen molar-refractivity contribution in [2.45, 2.75) is 77.1 Å². The zero-order chi connectivity index (χ0) is 40.3. The highest BCUT2D eigenvalue weighted by Gasteiger charge is 2.39. The summed E-state index contributed by atoms with van der Waals surface area (Å²) >= 11 is 0. The number of benzene rings is 2. The highest BCUT2D eigenvalue weighted by atomic mass is 19.1. The number of aromatic amines is 2. The van der Waals surface area contributed by atoms with Crippen molar-refractivity contribution in [3.63, 3.8) is 0 Å². The zero-order valence-corrected chi connectivity index (χ0v) is 32.0. The van der Waals surface area contributed by atoms with Crippen LogP contribution in [0.3, 0.4) is 0 Å². The molecular formula is C40H47F2N7O7. The van der Waals surface area contributed by atoms with Gasteiger partial charge in [-0.3, -0.25) is 14.4 Å². The second kappa shape index (κ2) is 17.0. The van der Waals surface area contributed by atoms with Gasteiger partial charge < -0.3 is 39.7 Å². The van der Waals surface area contributed by atoms with Gasteiger partial charge in [-0.25, -0.2) is 23.5 Å². The van der Waals surface area contributed by atoms with E-state index in [-0.39, 0.29) is 35.4 Å². The summed E-state index contributed by atoms with van der Waals surface area (Å²) in [4.78, 5) is 69.0. The number of nitrogens with one attached hydrogen (secondary N) is 3. The normalized spacial score (nSPS) is 18.6. The van der Waals surface area contributed by atoms with Crippen molar-refractivity contribution in [1.82, 2.24) is 35.1 Å². The van der Waals surface area contributed by atoms with Crippen molar-refractivity contribution in [2.75, 3.05) is 27.3 Å². The molecule has 2 aliphatic rings. The van der Waals surface area contributed by atoms with E-state index in [1.165, 1.54) is 38.7 Å². The lowest BCUT2D eigenvalue weighted by Crippen LogP contribution is -2.53. The fourth-order valence-corrected chi connectivity index (χ4v) is 7.65. The Labute approximate surface area is 323 Å². The molecule has 0 saturated carbocycles. The maximum atomic E-state index is 15.7. The molecule has 2 aliphatic heterocycles. The predicted molar refractivity (Wildman–Crippen MR) is 201 cm³/mol. The number of rotatable bonds is 13. The number of halogens is 2. The number of imidazole rings is 2. The Morgan fingerprint density at radius 1 is 0.839 bits per heavy atom. The Morgan fingerprint density at radius 2 is 1.34 bits per heavy atom. The minimum atomic E-state index is -1.34. The molecule has 298 valence electrons. The molecular weight excluding hydrogens is 728 g/mol. The van der Waals surface area contributed by atoms with E-state index in [0.717, 1.165) is 6.42 Å². The number of amides is 3. The van der Waals surface area contributed by atoms with Crippen molar-refractivity contribution < 1.29 is 42.5 Å². The Balaban J connectivity index is 1.16. The van der Waals surface area contributed by atoms with E-state index in [0.29, 0.717) is 66.5 Å². The van der Waals surface area contributed by atoms with Crippen LogP contribution >= 0.6 is 0 Å². The Hall–Kier alpha value is -5.64. The van der Waals surface area contributed by atoms with E-state index in [1.54, 1.807) is 41.0 Å². The number of aromatic nitrogens is 4. The summed E-state index contributed by atoms with van der Waals surface area (Å²) in [5.74, 6) is -1.78. The van der Waals surface area contributed by atoms with Crippen LogP contribution in [0.25, 0.3) is 33.6 Å². The molecule has 2 aromatic heterocycles. The lowest BCUT2D eigenvalue weighted by molar-refractivity contribution is -0.148. The summed E-state index contributed by atoms with van der Waals surface area (Å²) in [6, 6.07) is 7.25. The average molecular weight is 776 g/mol. The van der Waals surface area contributed by atoms with E-state index in [2.05, 4.69) is 25.3 Å². The van der Waals surface area contributed by atoms with Crippen molar-refractivity contribution in [3.8, 4) is 33.6 Å². The molecule has 0 unspecified atom stereocenters. The SMILES string of the molecule is COC(=O)C[C@H](C(=O)N1CCC[C@H]1c1ncc(-c2ccc(-c3ccc(-c4cnc([C@@H]5CCCN5C(=O)[C@@H](NC(=O)O)[C@H](C)OC)[nH]4)c(F)c3)cc2F)[nH]1)C(C)C. The van der Waals surface area contributed by atoms with Crippen LogP contribution in [0.1, 0.15) is 76.6 Å². The monoisotopic (exact) mass is 775 g/mol. The lowest BCUT2D eigenvalue weighted by atomic mass is 9.91. The molecule has 6 rings (SSSR count). The molecule has 2 fully saturated rings. The van der Waals surface area contributed by atoms with E-state index < -0.39 is 53.7 Å². The first-order valence-corrected chi connectivity index (χ1v) is 18.7. The van der Waals surface area contributed by atoms with Crippen LogP contribution in [0.4, 0.5) is 13.6 Å². The second-order valence-corrected chi connectivity index (χ2v) is 14.6. The number of H-pyrrole nitrogens is 2. The molecule has 56 heavy (non-hydrogen) atoms. The lowest BCUT2D eigenvalue weighted by Gasteiger charge is -2.30. The van der Waals surface area contributed by atoms with Crippen molar-refractivity contribution in [1.29, 1.82) is 0 Å². The molecule has 2 saturated heterocycles. The third-order valence-electron chi connectivity index (χ3n) is 10.9. The molecule has 0 radical (unpaired) electrons. The van der Waals surface area contributed by atoms with Gasteiger partial charge in [0, 0.05) is 31.3 Å². The van der Waals surface area contributed by atoms with E-state index in [4.69, 9.17) is 9.47 Å². The minimum absolute atomic E-state index is 0.0107. The van der Waals surface area contributed by atoms with Gasteiger partial charge in [0.2, 0.25) is 11.8 Å². The van der Waals surface area contributed by atoms with Gasteiger partial charge in [0.1, 0.15) is 29.3 Å².